The summed E-state index contributed by atoms with van der Waals surface area (Å²) < 4.78 is 13.8. The largest absolute Gasteiger partial charge is 0.326 e. The third-order valence-electron chi connectivity index (χ3n) is 3.73. The molecule has 1 heterocycles. The average Bonchev–Trinajstić information content (AvgIpc) is 2.90. The third-order valence-corrected chi connectivity index (χ3v) is 4.22. The topological polar surface area (TPSA) is 49.4 Å². The SMILES string of the molecule is O=C(Nc1cccc(Br)c1)C1CC(=O)N(c2ccc(F)cc2)C1. The van der Waals surface area contributed by atoms with Gasteiger partial charge in [0, 0.05) is 28.8 Å². The van der Waals surface area contributed by atoms with Crippen LogP contribution in [0, 0.1) is 11.7 Å². The standard InChI is InChI=1S/C17H14BrFN2O2/c18-12-2-1-3-14(9-12)20-17(23)11-8-16(22)21(10-11)15-6-4-13(19)5-7-15/h1-7,9,11H,8,10H2,(H,20,23). The molecule has 1 aliphatic rings. The van der Waals surface area contributed by atoms with Gasteiger partial charge in [-0.2, -0.15) is 0 Å². The van der Waals surface area contributed by atoms with E-state index in [9.17, 15) is 14.0 Å². The first-order valence-corrected chi connectivity index (χ1v) is 7.94. The van der Waals surface area contributed by atoms with Crippen molar-refractivity contribution < 1.29 is 14.0 Å². The minimum atomic E-state index is -0.425. The Kier molecular flexibility index (Phi) is 4.43. The van der Waals surface area contributed by atoms with Crippen LogP contribution in [0.2, 0.25) is 0 Å². The fourth-order valence-corrected chi connectivity index (χ4v) is 2.96. The van der Waals surface area contributed by atoms with Gasteiger partial charge in [-0.15, -0.1) is 0 Å². The number of halogens is 2. The highest BCUT2D eigenvalue weighted by molar-refractivity contribution is 9.10. The summed E-state index contributed by atoms with van der Waals surface area (Å²) >= 11 is 3.35. The van der Waals surface area contributed by atoms with Crippen LogP contribution in [0.5, 0.6) is 0 Å². The summed E-state index contributed by atoms with van der Waals surface area (Å²) in [7, 11) is 0. The van der Waals surface area contributed by atoms with E-state index in [-0.39, 0.29) is 24.1 Å². The van der Waals surface area contributed by atoms with Gasteiger partial charge in [-0.05, 0) is 42.5 Å². The summed E-state index contributed by atoms with van der Waals surface area (Å²) in [6.07, 6.45) is 0.150. The van der Waals surface area contributed by atoms with E-state index in [0.717, 1.165) is 4.47 Å². The number of anilines is 2. The third kappa shape index (κ3) is 3.59. The molecule has 1 saturated heterocycles. The molecule has 1 N–H and O–H groups in total. The molecule has 3 rings (SSSR count). The van der Waals surface area contributed by atoms with Gasteiger partial charge in [0.2, 0.25) is 11.8 Å². The van der Waals surface area contributed by atoms with Crippen LogP contribution in [0.4, 0.5) is 15.8 Å². The lowest BCUT2D eigenvalue weighted by molar-refractivity contribution is -0.122. The highest BCUT2D eigenvalue weighted by Crippen LogP contribution is 2.26. The van der Waals surface area contributed by atoms with E-state index < -0.39 is 5.92 Å². The average molecular weight is 377 g/mol. The summed E-state index contributed by atoms with van der Waals surface area (Å²) in [6.45, 7) is 0.296. The number of nitrogens with zero attached hydrogens (tertiary/aromatic N) is 1. The molecule has 1 unspecified atom stereocenters. The van der Waals surface area contributed by atoms with Crippen molar-refractivity contribution in [2.75, 3.05) is 16.8 Å². The number of amides is 2. The summed E-state index contributed by atoms with van der Waals surface area (Å²) in [5.41, 5.74) is 1.28. The number of rotatable bonds is 3. The van der Waals surface area contributed by atoms with Gasteiger partial charge in [-0.3, -0.25) is 9.59 Å². The number of hydrogen-bond acceptors (Lipinski definition) is 2. The van der Waals surface area contributed by atoms with E-state index in [2.05, 4.69) is 21.2 Å². The number of benzene rings is 2. The molecule has 2 aromatic rings. The highest BCUT2D eigenvalue weighted by Gasteiger charge is 2.35. The van der Waals surface area contributed by atoms with Gasteiger partial charge >= 0.3 is 0 Å². The van der Waals surface area contributed by atoms with Crippen molar-refractivity contribution in [3.8, 4) is 0 Å². The highest BCUT2D eigenvalue weighted by atomic mass is 79.9. The first-order chi connectivity index (χ1) is 11.0. The van der Waals surface area contributed by atoms with Gasteiger partial charge in [0.05, 0.1) is 5.92 Å². The van der Waals surface area contributed by atoms with Crippen molar-refractivity contribution >= 4 is 39.1 Å². The second kappa shape index (κ2) is 6.50. The van der Waals surface area contributed by atoms with Gasteiger partial charge in [0.25, 0.3) is 0 Å². The van der Waals surface area contributed by atoms with E-state index in [1.807, 2.05) is 12.1 Å². The molecule has 1 fully saturated rings. The molecule has 118 valence electrons. The predicted molar refractivity (Wildman–Crippen MR) is 89.6 cm³/mol. The molecule has 0 saturated carbocycles. The monoisotopic (exact) mass is 376 g/mol. The van der Waals surface area contributed by atoms with Crippen LogP contribution in [-0.2, 0) is 9.59 Å². The van der Waals surface area contributed by atoms with Crippen molar-refractivity contribution in [3.05, 3.63) is 58.8 Å². The van der Waals surface area contributed by atoms with Crippen molar-refractivity contribution in [2.24, 2.45) is 5.92 Å². The van der Waals surface area contributed by atoms with Crippen molar-refractivity contribution in [1.82, 2.24) is 0 Å². The number of nitrogens with one attached hydrogen (secondary N) is 1. The van der Waals surface area contributed by atoms with E-state index in [1.54, 1.807) is 24.3 Å². The summed E-state index contributed by atoms with van der Waals surface area (Å²) in [5, 5.41) is 2.82. The Bertz CT molecular complexity index is 749. The van der Waals surface area contributed by atoms with Crippen molar-refractivity contribution in [3.63, 3.8) is 0 Å². The minimum absolute atomic E-state index is 0.133. The molecule has 0 aromatic heterocycles. The summed E-state index contributed by atoms with van der Waals surface area (Å²) in [4.78, 5) is 26.0. The zero-order valence-electron chi connectivity index (χ0n) is 12.1. The van der Waals surface area contributed by atoms with Crippen molar-refractivity contribution in [2.45, 2.75) is 6.42 Å². The van der Waals surface area contributed by atoms with Crippen molar-refractivity contribution in [1.29, 1.82) is 0 Å². The van der Waals surface area contributed by atoms with Crippen LogP contribution in [0.1, 0.15) is 6.42 Å². The molecule has 2 aromatic carbocycles. The van der Waals surface area contributed by atoms with Crippen LogP contribution < -0.4 is 10.2 Å². The molecule has 1 atom stereocenters. The van der Waals surface area contributed by atoms with Gasteiger partial charge in [0.15, 0.2) is 0 Å². The minimum Gasteiger partial charge on any atom is -0.326 e. The fraction of sp³-hybridized carbons (Fsp3) is 0.176. The van der Waals surface area contributed by atoms with Crippen LogP contribution in [0.15, 0.2) is 53.0 Å². The van der Waals surface area contributed by atoms with Crippen LogP contribution >= 0.6 is 15.9 Å². The maximum atomic E-state index is 13.0. The Morgan fingerprint density at radius 2 is 1.96 bits per heavy atom. The Labute approximate surface area is 141 Å². The normalized spacial score (nSPS) is 17.4. The molecule has 0 aliphatic carbocycles. The number of carbonyl (C=O) groups is 2. The van der Waals surface area contributed by atoms with E-state index in [1.165, 1.54) is 17.0 Å². The zero-order valence-corrected chi connectivity index (χ0v) is 13.7. The molecule has 0 spiro atoms. The lowest BCUT2D eigenvalue weighted by atomic mass is 10.1. The summed E-state index contributed by atoms with van der Waals surface area (Å²) in [5.74, 6) is -1.11. The first kappa shape index (κ1) is 15.7. The molecular weight excluding hydrogens is 363 g/mol. The molecule has 4 nitrogen and oxygen atoms in total. The zero-order chi connectivity index (χ0) is 16.4. The Morgan fingerprint density at radius 1 is 1.22 bits per heavy atom. The second-order valence-corrected chi connectivity index (χ2v) is 6.30. The molecule has 2 amide bonds. The van der Waals surface area contributed by atoms with Gasteiger partial charge < -0.3 is 10.2 Å². The van der Waals surface area contributed by atoms with Crippen LogP contribution in [0.25, 0.3) is 0 Å². The van der Waals surface area contributed by atoms with E-state index >= 15 is 0 Å². The van der Waals surface area contributed by atoms with Gasteiger partial charge in [0.1, 0.15) is 5.82 Å². The van der Waals surface area contributed by atoms with Gasteiger partial charge in [-0.25, -0.2) is 4.39 Å². The molecule has 0 bridgehead atoms. The molecule has 6 heteroatoms. The van der Waals surface area contributed by atoms with Crippen LogP contribution in [0.3, 0.4) is 0 Å². The maximum absolute atomic E-state index is 13.0. The fourth-order valence-electron chi connectivity index (χ4n) is 2.56. The van der Waals surface area contributed by atoms with Crippen LogP contribution in [-0.4, -0.2) is 18.4 Å². The number of carbonyl (C=O) groups excluding carboxylic acids is 2. The number of hydrogen-bond donors (Lipinski definition) is 1. The predicted octanol–water partition coefficient (Wildman–Crippen LogP) is 3.58. The molecule has 23 heavy (non-hydrogen) atoms. The summed E-state index contributed by atoms with van der Waals surface area (Å²) in [6, 6.07) is 13.0. The van der Waals surface area contributed by atoms with E-state index in [4.69, 9.17) is 0 Å². The maximum Gasteiger partial charge on any atom is 0.229 e. The van der Waals surface area contributed by atoms with E-state index in [0.29, 0.717) is 17.9 Å². The Balaban J connectivity index is 1.69. The lowest BCUT2D eigenvalue weighted by Crippen LogP contribution is -2.28. The molecule has 0 radical (unpaired) electrons. The Hall–Kier alpha value is -2.21. The lowest BCUT2D eigenvalue weighted by Gasteiger charge is -2.16. The second-order valence-electron chi connectivity index (χ2n) is 5.38. The van der Waals surface area contributed by atoms with Gasteiger partial charge in [-0.1, -0.05) is 22.0 Å². The first-order valence-electron chi connectivity index (χ1n) is 7.15. The quantitative estimate of drug-likeness (QED) is 0.889. The molecular formula is C17H14BrFN2O2. The smallest absolute Gasteiger partial charge is 0.229 e. The molecule has 1 aliphatic heterocycles. The Morgan fingerprint density at radius 3 is 2.65 bits per heavy atom.